The van der Waals surface area contributed by atoms with Crippen molar-refractivity contribution in [3.63, 3.8) is 0 Å². The third-order valence-corrected chi connectivity index (χ3v) is 4.91. The number of para-hydroxylation sites is 1. The van der Waals surface area contributed by atoms with Gasteiger partial charge in [-0.25, -0.2) is 0 Å². The summed E-state index contributed by atoms with van der Waals surface area (Å²) >= 11 is 0. The second-order valence-corrected chi connectivity index (χ2v) is 6.88. The van der Waals surface area contributed by atoms with Crippen molar-refractivity contribution < 1.29 is 0 Å². The van der Waals surface area contributed by atoms with Crippen molar-refractivity contribution in [2.45, 2.75) is 12.5 Å². The summed E-state index contributed by atoms with van der Waals surface area (Å²) in [4.78, 5) is 7.46. The highest BCUT2D eigenvalue weighted by molar-refractivity contribution is 5.46. The van der Waals surface area contributed by atoms with Crippen molar-refractivity contribution in [1.82, 2.24) is 9.80 Å². The van der Waals surface area contributed by atoms with Crippen molar-refractivity contribution in [3.05, 3.63) is 66.2 Å². The topological polar surface area (TPSA) is 9.72 Å². The molecule has 2 aromatic rings. The molecule has 1 atom stereocenters. The van der Waals surface area contributed by atoms with Crippen LogP contribution in [-0.4, -0.2) is 56.6 Å². The van der Waals surface area contributed by atoms with Crippen LogP contribution in [0, 0.1) is 0 Å². The van der Waals surface area contributed by atoms with Gasteiger partial charge >= 0.3 is 0 Å². The molecule has 24 heavy (non-hydrogen) atoms. The maximum atomic E-state index is 2.66. The van der Waals surface area contributed by atoms with Crippen LogP contribution in [0.1, 0.15) is 18.0 Å². The van der Waals surface area contributed by atoms with Crippen LogP contribution < -0.4 is 4.90 Å². The van der Waals surface area contributed by atoms with Crippen LogP contribution in [0.5, 0.6) is 0 Å². The van der Waals surface area contributed by atoms with E-state index >= 15 is 0 Å². The number of rotatable bonds is 6. The molecule has 1 unspecified atom stereocenters. The lowest BCUT2D eigenvalue weighted by atomic mass is 10.0. The van der Waals surface area contributed by atoms with Gasteiger partial charge in [0.2, 0.25) is 0 Å². The summed E-state index contributed by atoms with van der Waals surface area (Å²) in [7, 11) is 4.32. The molecule has 1 aliphatic rings. The fourth-order valence-corrected chi connectivity index (χ4v) is 3.55. The molecule has 3 rings (SSSR count). The Morgan fingerprint density at radius 3 is 2.00 bits per heavy atom. The lowest BCUT2D eigenvalue weighted by Crippen LogP contribution is -2.48. The van der Waals surface area contributed by atoms with Gasteiger partial charge in [-0.05, 0) is 44.8 Å². The van der Waals surface area contributed by atoms with E-state index in [1.54, 1.807) is 0 Å². The van der Waals surface area contributed by atoms with Crippen LogP contribution in [0.3, 0.4) is 0 Å². The SMILES string of the molecule is CN(C)CCC(c1ccccc1)N1CCN(c2ccccc2)CC1. The number of piperazine rings is 1. The molecular weight excluding hydrogens is 294 g/mol. The summed E-state index contributed by atoms with van der Waals surface area (Å²) in [6.07, 6.45) is 1.18. The molecule has 0 aromatic heterocycles. The van der Waals surface area contributed by atoms with Crippen molar-refractivity contribution in [2.24, 2.45) is 0 Å². The first-order valence-corrected chi connectivity index (χ1v) is 8.98. The Balaban J connectivity index is 1.66. The van der Waals surface area contributed by atoms with Gasteiger partial charge in [-0.2, -0.15) is 0 Å². The lowest BCUT2D eigenvalue weighted by molar-refractivity contribution is 0.166. The Hall–Kier alpha value is -1.84. The standard InChI is InChI=1S/C21H29N3/c1-22(2)14-13-21(19-9-5-3-6-10-19)24-17-15-23(16-18-24)20-11-7-4-8-12-20/h3-12,21H,13-18H2,1-2H3. The fraction of sp³-hybridized carbons (Fsp3) is 0.429. The van der Waals surface area contributed by atoms with Crippen LogP contribution in [0.25, 0.3) is 0 Å². The molecule has 3 heteroatoms. The smallest absolute Gasteiger partial charge is 0.0367 e. The van der Waals surface area contributed by atoms with E-state index in [1.165, 1.54) is 17.7 Å². The maximum absolute atomic E-state index is 2.66. The number of nitrogens with zero attached hydrogens (tertiary/aromatic N) is 3. The molecule has 0 aliphatic carbocycles. The zero-order chi connectivity index (χ0) is 16.8. The number of hydrogen-bond acceptors (Lipinski definition) is 3. The van der Waals surface area contributed by atoms with Gasteiger partial charge in [-0.3, -0.25) is 4.90 Å². The van der Waals surface area contributed by atoms with E-state index in [2.05, 4.69) is 89.5 Å². The Bertz CT molecular complexity index is 589. The summed E-state index contributed by atoms with van der Waals surface area (Å²) < 4.78 is 0. The molecule has 0 radical (unpaired) electrons. The van der Waals surface area contributed by atoms with E-state index in [9.17, 15) is 0 Å². The first-order chi connectivity index (χ1) is 11.7. The van der Waals surface area contributed by atoms with Gasteiger partial charge in [-0.1, -0.05) is 48.5 Å². The molecule has 0 saturated carbocycles. The normalized spacial score (nSPS) is 17.2. The average molecular weight is 323 g/mol. The van der Waals surface area contributed by atoms with Crippen molar-refractivity contribution in [2.75, 3.05) is 51.7 Å². The van der Waals surface area contributed by atoms with Gasteiger partial charge in [0.25, 0.3) is 0 Å². The minimum Gasteiger partial charge on any atom is -0.369 e. The first-order valence-electron chi connectivity index (χ1n) is 8.98. The predicted molar refractivity (Wildman–Crippen MR) is 103 cm³/mol. The van der Waals surface area contributed by atoms with E-state index in [-0.39, 0.29) is 0 Å². The Morgan fingerprint density at radius 1 is 0.833 bits per heavy atom. The highest BCUT2D eigenvalue weighted by Crippen LogP contribution is 2.27. The highest BCUT2D eigenvalue weighted by atomic mass is 15.3. The largest absolute Gasteiger partial charge is 0.369 e. The van der Waals surface area contributed by atoms with Crippen molar-refractivity contribution >= 4 is 5.69 Å². The summed E-state index contributed by atoms with van der Waals surface area (Å²) in [5, 5.41) is 0. The number of benzene rings is 2. The molecule has 0 N–H and O–H groups in total. The molecule has 0 bridgehead atoms. The second kappa shape index (κ2) is 8.32. The molecule has 1 heterocycles. The minimum absolute atomic E-state index is 0.520. The zero-order valence-electron chi connectivity index (χ0n) is 14.9. The molecule has 1 saturated heterocycles. The van der Waals surface area contributed by atoms with Gasteiger partial charge in [0, 0.05) is 37.9 Å². The molecular formula is C21H29N3. The van der Waals surface area contributed by atoms with Gasteiger partial charge in [0.1, 0.15) is 0 Å². The van der Waals surface area contributed by atoms with E-state index < -0.39 is 0 Å². The third kappa shape index (κ3) is 4.37. The monoisotopic (exact) mass is 323 g/mol. The molecule has 3 nitrogen and oxygen atoms in total. The van der Waals surface area contributed by atoms with Gasteiger partial charge in [0.15, 0.2) is 0 Å². The predicted octanol–water partition coefficient (Wildman–Crippen LogP) is 3.50. The summed E-state index contributed by atoms with van der Waals surface area (Å²) in [6.45, 7) is 5.59. The van der Waals surface area contributed by atoms with Crippen molar-refractivity contribution in [3.8, 4) is 0 Å². The molecule has 1 aliphatic heterocycles. The maximum Gasteiger partial charge on any atom is 0.0367 e. The summed E-state index contributed by atoms with van der Waals surface area (Å²) in [5.41, 5.74) is 2.80. The molecule has 0 spiro atoms. The van der Waals surface area contributed by atoms with E-state index in [0.29, 0.717) is 6.04 Å². The zero-order valence-corrected chi connectivity index (χ0v) is 14.9. The van der Waals surface area contributed by atoms with E-state index in [1.807, 2.05) is 0 Å². The van der Waals surface area contributed by atoms with Crippen LogP contribution >= 0.6 is 0 Å². The second-order valence-electron chi connectivity index (χ2n) is 6.88. The van der Waals surface area contributed by atoms with Crippen LogP contribution in [0.15, 0.2) is 60.7 Å². The van der Waals surface area contributed by atoms with E-state index in [0.717, 1.165) is 32.7 Å². The van der Waals surface area contributed by atoms with Crippen LogP contribution in [-0.2, 0) is 0 Å². The van der Waals surface area contributed by atoms with Crippen molar-refractivity contribution in [1.29, 1.82) is 0 Å². The molecule has 2 aromatic carbocycles. The van der Waals surface area contributed by atoms with Crippen LogP contribution in [0.2, 0.25) is 0 Å². The molecule has 0 amide bonds. The summed E-state index contributed by atoms with van der Waals surface area (Å²) in [5.74, 6) is 0. The first kappa shape index (κ1) is 17.0. The van der Waals surface area contributed by atoms with Gasteiger partial charge in [0.05, 0.1) is 0 Å². The Morgan fingerprint density at radius 2 is 1.42 bits per heavy atom. The quantitative estimate of drug-likeness (QED) is 0.805. The lowest BCUT2D eigenvalue weighted by Gasteiger charge is -2.40. The third-order valence-electron chi connectivity index (χ3n) is 4.91. The average Bonchev–Trinajstić information content (AvgIpc) is 2.64. The summed E-state index contributed by atoms with van der Waals surface area (Å²) in [6, 6.07) is 22.3. The molecule has 128 valence electrons. The Labute approximate surface area is 146 Å². The highest BCUT2D eigenvalue weighted by Gasteiger charge is 2.25. The van der Waals surface area contributed by atoms with Gasteiger partial charge in [-0.15, -0.1) is 0 Å². The number of hydrogen-bond donors (Lipinski definition) is 0. The number of anilines is 1. The molecule has 1 fully saturated rings. The fourth-order valence-electron chi connectivity index (χ4n) is 3.55. The van der Waals surface area contributed by atoms with E-state index in [4.69, 9.17) is 0 Å². The van der Waals surface area contributed by atoms with Crippen LogP contribution in [0.4, 0.5) is 5.69 Å². The Kier molecular flexibility index (Phi) is 5.89. The van der Waals surface area contributed by atoms with Gasteiger partial charge < -0.3 is 9.80 Å². The minimum atomic E-state index is 0.520.